The third-order valence-electron chi connectivity index (χ3n) is 4.31. The van der Waals surface area contributed by atoms with E-state index in [2.05, 4.69) is 6.92 Å². The van der Waals surface area contributed by atoms with E-state index in [9.17, 15) is 10.2 Å². The van der Waals surface area contributed by atoms with Crippen LogP contribution >= 0.6 is 0 Å². The molecule has 0 radical (unpaired) electrons. The number of unbranched alkanes of at least 4 members (excludes halogenated alkanes) is 3. The lowest BCUT2D eigenvalue weighted by molar-refractivity contribution is 0.447. The molecule has 22 heavy (non-hydrogen) atoms. The average molecular weight is 298 g/mol. The van der Waals surface area contributed by atoms with Gasteiger partial charge in [0.2, 0.25) is 0 Å². The van der Waals surface area contributed by atoms with Crippen molar-refractivity contribution in [3.05, 3.63) is 59.2 Å². The Hall–Kier alpha value is -1.96. The maximum atomic E-state index is 10.3. The van der Waals surface area contributed by atoms with Gasteiger partial charge in [0, 0.05) is 17.0 Å². The van der Waals surface area contributed by atoms with Gasteiger partial charge in [-0.05, 0) is 31.0 Å². The third-order valence-corrected chi connectivity index (χ3v) is 4.31. The molecular formula is C20H26O2. The van der Waals surface area contributed by atoms with Crippen LogP contribution in [0.25, 0.3) is 0 Å². The molecular weight excluding hydrogens is 272 g/mol. The maximum Gasteiger partial charge on any atom is 0.119 e. The van der Waals surface area contributed by atoms with E-state index in [1.165, 1.54) is 19.3 Å². The molecule has 0 spiro atoms. The minimum absolute atomic E-state index is 0.0410. The molecule has 0 bridgehead atoms. The summed E-state index contributed by atoms with van der Waals surface area (Å²) in [6.45, 7) is 4.22. The van der Waals surface area contributed by atoms with Crippen LogP contribution in [0.4, 0.5) is 0 Å². The first-order valence-electron chi connectivity index (χ1n) is 8.21. The predicted molar refractivity (Wildman–Crippen MR) is 91.6 cm³/mol. The molecule has 2 rings (SSSR count). The van der Waals surface area contributed by atoms with Crippen LogP contribution in [0, 0.1) is 6.92 Å². The van der Waals surface area contributed by atoms with Gasteiger partial charge in [-0.1, -0.05) is 62.9 Å². The number of rotatable bonds is 7. The summed E-state index contributed by atoms with van der Waals surface area (Å²) in [6, 6.07) is 13.1. The van der Waals surface area contributed by atoms with E-state index < -0.39 is 0 Å². The van der Waals surface area contributed by atoms with Gasteiger partial charge in [-0.3, -0.25) is 0 Å². The molecule has 0 amide bonds. The fourth-order valence-electron chi connectivity index (χ4n) is 3.13. The largest absolute Gasteiger partial charge is 0.508 e. The summed E-state index contributed by atoms with van der Waals surface area (Å²) in [4.78, 5) is 0. The molecule has 1 unspecified atom stereocenters. The lowest BCUT2D eigenvalue weighted by Gasteiger charge is -2.22. The molecule has 2 nitrogen and oxygen atoms in total. The van der Waals surface area contributed by atoms with E-state index in [-0.39, 0.29) is 5.92 Å². The molecule has 0 fully saturated rings. The summed E-state index contributed by atoms with van der Waals surface area (Å²) in [7, 11) is 0. The van der Waals surface area contributed by atoms with Crippen molar-refractivity contribution in [1.29, 1.82) is 0 Å². The molecule has 0 aliphatic rings. The second-order valence-electron chi connectivity index (χ2n) is 5.97. The van der Waals surface area contributed by atoms with Crippen LogP contribution in [0.15, 0.2) is 42.5 Å². The van der Waals surface area contributed by atoms with E-state index in [1.807, 2.05) is 37.3 Å². The van der Waals surface area contributed by atoms with Crippen LogP contribution in [-0.4, -0.2) is 10.2 Å². The minimum atomic E-state index is 0.0410. The highest BCUT2D eigenvalue weighted by atomic mass is 16.3. The number of hydrogen-bond donors (Lipinski definition) is 2. The fraction of sp³-hybridized carbons (Fsp3) is 0.400. The molecule has 1 atom stereocenters. The molecule has 2 N–H and O–H groups in total. The van der Waals surface area contributed by atoms with Gasteiger partial charge >= 0.3 is 0 Å². The van der Waals surface area contributed by atoms with Gasteiger partial charge in [0.15, 0.2) is 0 Å². The number of hydrogen-bond acceptors (Lipinski definition) is 2. The maximum absolute atomic E-state index is 10.3. The molecule has 2 aromatic rings. The Labute approximate surface area is 133 Å². The summed E-state index contributed by atoms with van der Waals surface area (Å²) in [5, 5.41) is 20.6. The van der Waals surface area contributed by atoms with E-state index in [4.69, 9.17) is 0 Å². The van der Waals surface area contributed by atoms with Gasteiger partial charge in [0.25, 0.3) is 0 Å². The van der Waals surface area contributed by atoms with Gasteiger partial charge in [0.1, 0.15) is 11.5 Å². The smallest absolute Gasteiger partial charge is 0.119 e. The average Bonchev–Trinajstić information content (AvgIpc) is 2.50. The van der Waals surface area contributed by atoms with Crippen LogP contribution < -0.4 is 0 Å². The van der Waals surface area contributed by atoms with Gasteiger partial charge in [0.05, 0.1) is 0 Å². The minimum Gasteiger partial charge on any atom is -0.508 e. The molecule has 0 saturated carbocycles. The van der Waals surface area contributed by atoms with E-state index in [1.54, 1.807) is 12.1 Å². The normalized spacial score (nSPS) is 12.3. The van der Waals surface area contributed by atoms with Gasteiger partial charge in [-0.2, -0.15) is 0 Å². The number of aromatic hydroxyl groups is 2. The van der Waals surface area contributed by atoms with Crippen LogP contribution in [0.5, 0.6) is 11.5 Å². The zero-order chi connectivity index (χ0) is 15.9. The number of para-hydroxylation sites is 1. The second-order valence-corrected chi connectivity index (χ2v) is 5.97. The van der Waals surface area contributed by atoms with Crippen molar-refractivity contribution in [2.24, 2.45) is 0 Å². The van der Waals surface area contributed by atoms with Gasteiger partial charge in [-0.15, -0.1) is 0 Å². The van der Waals surface area contributed by atoms with Gasteiger partial charge in [-0.25, -0.2) is 0 Å². The van der Waals surface area contributed by atoms with Crippen molar-refractivity contribution >= 4 is 0 Å². The highest BCUT2D eigenvalue weighted by Gasteiger charge is 2.21. The Morgan fingerprint density at radius 3 is 2.27 bits per heavy atom. The zero-order valence-corrected chi connectivity index (χ0v) is 13.5. The van der Waals surface area contributed by atoms with Crippen molar-refractivity contribution in [2.45, 2.75) is 51.9 Å². The van der Waals surface area contributed by atoms with Crippen LogP contribution in [0.1, 0.15) is 61.6 Å². The molecule has 2 heteroatoms. The Kier molecular flexibility index (Phi) is 5.88. The molecule has 0 saturated heterocycles. The highest BCUT2D eigenvalue weighted by Crippen LogP contribution is 2.40. The second kappa shape index (κ2) is 7.88. The first-order chi connectivity index (χ1) is 10.6. The number of benzene rings is 2. The number of aryl methyl sites for hydroxylation is 1. The monoisotopic (exact) mass is 298 g/mol. The summed E-state index contributed by atoms with van der Waals surface area (Å²) in [5.41, 5.74) is 2.92. The highest BCUT2D eigenvalue weighted by molar-refractivity contribution is 5.49. The number of phenolic OH excluding ortho intramolecular Hbond substituents is 2. The van der Waals surface area contributed by atoms with E-state index >= 15 is 0 Å². The van der Waals surface area contributed by atoms with Crippen molar-refractivity contribution in [3.8, 4) is 11.5 Å². The van der Waals surface area contributed by atoms with Crippen molar-refractivity contribution in [1.82, 2.24) is 0 Å². The molecule has 0 aliphatic carbocycles. The molecule has 0 aliphatic heterocycles. The molecule has 0 aromatic heterocycles. The SMILES string of the molecule is CCCCCCC(c1ccccc1O)c1c(C)cccc1O. The van der Waals surface area contributed by atoms with Crippen molar-refractivity contribution in [3.63, 3.8) is 0 Å². The van der Waals surface area contributed by atoms with Gasteiger partial charge < -0.3 is 10.2 Å². The lowest BCUT2D eigenvalue weighted by atomic mass is 9.83. The standard InChI is InChI=1S/C20H26O2/c1-3-4-5-6-12-17(16-11-7-8-13-18(16)21)20-15(2)10-9-14-19(20)22/h7-11,13-14,17,21-22H,3-6,12H2,1-2H3. The summed E-state index contributed by atoms with van der Waals surface area (Å²) >= 11 is 0. The Balaban J connectivity index is 2.35. The van der Waals surface area contributed by atoms with E-state index in [0.717, 1.165) is 29.5 Å². The molecule has 2 aromatic carbocycles. The van der Waals surface area contributed by atoms with Crippen LogP contribution in [-0.2, 0) is 0 Å². The van der Waals surface area contributed by atoms with Crippen LogP contribution in [0.3, 0.4) is 0 Å². The molecule has 118 valence electrons. The first kappa shape index (κ1) is 16.4. The quantitative estimate of drug-likeness (QED) is 0.662. The Morgan fingerprint density at radius 1 is 0.864 bits per heavy atom. The summed E-state index contributed by atoms with van der Waals surface area (Å²) in [5.74, 6) is 0.675. The third kappa shape index (κ3) is 3.82. The fourth-order valence-corrected chi connectivity index (χ4v) is 3.13. The summed E-state index contributed by atoms with van der Waals surface area (Å²) < 4.78 is 0. The van der Waals surface area contributed by atoms with Crippen molar-refractivity contribution in [2.75, 3.05) is 0 Å². The lowest BCUT2D eigenvalue weighted by Crippen LogP contribution is -2.04. The first-order valence-corrected chi connectivity index (χ1v) is 8.21. The Bertz CT molecular complexity index is 584. The molecule has 0 heterocycles. The van der Waals surface area contributed by atoms with Crippen LogP contribution in [0.2, 0.25) is 0 Å². The van der Waals surface area contributed by atoms with Crippen molar-refractivity contribution < 1.29 is 10.2 Å². The predicted octanol–water partition coefficient (Wildman–Crippen LogP) is 5.51. The summed E-state index contributed by atoms with van der Waals surface area (Å²) in [6.07, 6.45) is 5.66. The number of phenols is 2. The Morgan fingerprint density at radius 2 is 1.59 bits per heavy atom. The topological polar surface area (TPSA) is 40.5 Å². The van der Waals surface area contributed by atoms with E-state index in [0.29, 0.717) is 11.5 Å². The zero-order valence-electron chi connectivity index (χ0n) is 13.5.